The molecule has 3 aromatic rings. The molecule has 10 heteroatoms. The minimum atomic E-state index is -3.09. The molecular weight excluding hydrogens is 429 g/mol. The molecule has 1 fully saturated rings. The lowest BCUT2D eigenvalue weighted by molar-refractivity contribution is -0.135. The van der Waals surface area contributed by atoms with Gasteiger partial charge in [0.25, 0.3) is 5.91 Å². The first kappa shape index (κ1) is 20.7. The summed E-state index contributed by atoms with van der Waals surface area (Å²) in [5, 5.41) is 2.55. The molecule has 2 aromatic heterocycles. The Morgan fingerprint density at radius 3 is 2.73 bits per heavy atom. The Hall–Kier alpha value is -2.59. The Morgan fingerprint density at radius 2 is 2.07 bits per heavy atom. The van der Waals surface area contributed by atoms with E-state index in [1.165, 1.54) is 29.8 Å². The Labute approximate surface area is 177 Å². The molecule has 1 aliphatic rings. The Morgan fingerprint density at radius 1 is 1.30 bits per heavy atom. The second-order valence-electron chi connectivity index (χ2n) is 7.04. The summed E-state index contributed by atoms with van der Waals surface area (Å²) in [5.74, 6) is -0.256. The Bertz CT molecular complexity index is 1180. The molecule has 1 aromatic carbocycles. The molecule has 0 bridgehead atoms. The number of benzene rings is 1. The number of sulfone groups is 1. The smallest absolute Gasteiger partial charge is 0.260 e. The van der Waals surface area contributed by atoms with Crippen LogP contribution in [0, 0.1) is 5.82 Å². The van der Waals surface area contributed by atoms with Crippen molar-refractivity contribution >= 4 is 37.3 Å². The van der Waals surface area contributed by atoms with Gasteiger partial charge in [0, 0.05) is 23.5 Å². The van der Waals surface area contributed by atoms with Gasteiger partial charge in [0.05, 0.1) is 16.9 Å². The fourth-order valence-electron chi connectivity index (χ4n) is 3.67. The number of amides is 1. The van der Waals surface area contributed by atoms with E-state index in [1.807, 2.05) is 12.3 Å². The molecule has 0 N–H and O–H groups in total. The summed E-state index contributed by atoms with van der Waals surface area (Å²) in [4.78, 5) is 23.4. The van der Waals surface area contributed by atoms with Gasteiger partial charge in [-0.3, -0.25) is 4.79 Å². The second kappa shape index (κ2) is 8.27. The number of halogens is 1. The minimum absolute atomic E-state index is 0.0103. The molecule has 1 aliphatic heterocycles. The minimum Gasteiger partial charge on any atom is -0.467 e. The maximum Gasteiger partial charge on any atom is 0.260 e. The van der Waals surface area contributed by atoms with Crippen LogP contribution in [0.2, 0.25) is 0 Å². The highest BCUT2D eigenvalue weighted by molar-refractivity contribution is 7.91. The first-order valence-corrected chi connectivity index (χ1v) is 12.2. The monoisotopic (exact) mass is 449 g/mol. The van der Waals surface area contributed by atoms with Crippen LogP contribution in [0.3, 0.4) is 0 Å². The summed E-state index contributed by atoms with van der Waals surface area (Å²) in [5.41, 5.74) is 1.59. The predicted molar refractivity (Wildman–Crippen MR) is 113 cm³/mol. The lowest BCUT2D eigenvalue weighted by atomic mass is 10.1. The number of thiophene rings is 1. The number of hydrogen-bond acceptors (Lipinski definition) is 7. The molecule has 1 amide bonds. The van der Waals surface area contributed by atoms with Crippen LogP contribution in [-0.2, 0) is 14.6 Å². The molecule has 158 valence electrons. The summed E-state index contributed by atoms with van der Waals surface area (Å²) in [6, 6.07) is 5.76. The molecule has 4 rings (SSSR count). The van der Waals surface area contributed by atoms with Gasteiger partial charge in [-0.15, -0.1) is 11.3 Å². The number of aromatic nitrogens is 2. The van der Waals surface area contributed by atoms with E-state index in [4.69, 9.17) is 4.74 Å². The summed E-state index contributed by atoms with van der Waals surface area (Å²) in [7, 11) is -3.09. The van der Waals surface area contributed by atoms with E-state index in [0.717, 1.165) is 11.1 Å². The average molecular weight is 450 g/mol. The van der Waals surface area contributed by atoms with Crippen molar-refractivity contribution in [3.63, 3.8) is 0 Å². The van der Waals surface area contributed by atoms with Crippen LogP contribution in [0.4, 0.5) is 4.39 Å². The van der Waals surface area contributed by atoms with E-state index < -0.39 is 9.84 Å². The number of carbonyl (C=O) groups excluding carboxylic acids is 1. The topological polar surface area (TPSA) is 89.5 Å². The predicted octanol–water partition coefficient (Wildman–Crippen LogP) is 2.91. The van der Waals surface area contributed by atoms with Gasteiger partial charge in [0.2, 0.25) is 5.88 Å². The van der Waals surface area contributed by atoms with E-state index >= 15 is 0 Å². The van der Waals surface area contributed by atoms with Crippen molar-refractivity contribution < 1.29 is 22.3 Å². The number of rotatable bonds is 6. The van der Waals surface area contributed by atoms with Crippen molar-refractivity contribution in [1.82, 2.24) is 14.9 Å². The number of ether oxygens (including phenoxy) is 1. The molecule has 3 heterocycles. The molecule has 0 spiro atoms. The van der Waals surface area contributed by atoms with Crippen molar-refractivity contribution in [3.05, 3.63) is 41.8 Å². The van der Waals surface area contributed by atoms with Gasteiger partial charge >= 0.3 is 0 Å². The molecule has 30 heavy (non-hydrogen) atoms. The van der Waals surface area contributed by atoms with E-state index in [9.17, 15) is 17.6 Å². The zero-order valence-corrected chi connectivity index (χ0v) is 17.9. The van der Waals surface area contributed by atoms with Crippen LogP contribution in [-0.4, -0.2) is 59.9 Å². The van der Waals surface area contributed by atoms with Crippen molar-refractivity contribution in [2.75, 3.05) is 24.7 Å². The second-order valence-corrected chi connectivity index (χ2v) is 10.1. The van der Waals surface area contributed by atoms with Crippen LogP contribution in [0.15, 0.2) is 36.0 Å². The number of fused-ring (bicyclic) bond motifs is 1. The van der Waals surface area contributed by atoms with E-state index in [2.05, 4.69) is 9.97 Å². The number of likely N-dealkylation sites (N-methyl/N-ethyl adjacent to an activating group) is 1. The molecule has 0 aliphatic carbocycles. The lowest BCUT2D eigenvalue weighted by Gasteiger charge is -2.26. The number of nitrogens with zero attached hydrogens (tertiary/aromatic N) is 3. The molecular formula is C20H20FN3O4S2. The maximum atomic E-state index is 13.3. The van der Waals surface area contributed by atoms with Crippen molar-refractivity contribution in [2.45, 2.75) is 19.4 Å². The number of carbonyl (C=O) groups is 1. The molecule has 7 nitrogen and oxygen atoms in total. The van der Waals surface area contributed by atoms with Crippen molar-refractivity contribution in [1.29, 1.82) is 0 Å². The Kier molecular flexibility index (Phi) is 5.70. The van der Waals surface area contributed by atoms with Gasteiger partial charge in [0.15, 0.2) is 16.4 Å². The quantitative estimate of drug-likeness (QED) is 0.575. The van der Waals surface area contributed by atoms with E-state index in [1.54, 1.807) is 17.0 Å². The third-order valence-electron chi connectivity index (χ3n) is 5.13. The van der Waals surface area contributed by atoms with Gasteiger partial charge in [-0.2, -0.15) is 0 Å². The third kappa shape index (κ3) is 4.15. The highest BCUT2D eigenvalue weighted by Gasteiger charge is 2.34. The van der Waals surface area contributed by atoms with Crippen LogP contribution in [0.5, 0.6) is 5.88 Å². The van der Waals surface area contributed by atoms with Crippen LogP contribution >= 0.6 is 11.3 Å². The van der Waals surface area contributed by atoms with Gasteiger partial charge < -0.3 is 9.64 Å². The van der Waals surface area contributed by atoms with Crippen LogP contribution in [0.1, 0.15) is 13.3 Å². The zero-order valence-electron chi connectivity index (χ0n) is 16.2. The van der Waals surface area contributed by atoms with Gasteiger partial charge in [-0.05, 0) is 31.0 Å². The molecule has 0 saturated carbocycles. The van der Waals surface area contributed by atoms with Gasteiger partial charge in [0.1, 0.15) is 17.0 Å². The average Bonchev–Trinajstić information content (AvgIpc) is 3.31. The van der Waals surface area contributed by atoms with Crippen LogP contribution < -0.4 is 4.74 Å². The summed E-state index contributed by atoms with van der Waals surface area (Å²) in [6.07, 6.45) is 1.81. The standard InChI is InChI=1S/C20H20FN3O4S2/c1-2-24(15-7-8-30(26,27)11-15)17(25)9-28-19-18-16(10-29-20(18)23-12-22-19)13-3-5-14(21)6-4-13/h3-6,10,12,15H,2,7-9,11H2,1H3/t15-/m1/s1. The van der Waals surface area contributed by atoms with Gasteiger partial charge in [-0.25, -0.2) is 22.8 Å². The first-order chi connectivity index (χ1) is 14.4. The molecule has 1 saturated heterocycles. The lowest BCUT2D eigenvalue weighted by Crippen LogP contribution is -2.43. The van der Waals surface area contributed by atoms with Crippen molar-refractivity contribution in [2.24, 2.45) is 0 Å². The Balaban J connectivity index is 1.56. The normalized spacial score (nSPS) is 17.9. The van der Waals surface area contributed by atoms with Gasteiger partial charge in [-0.1, -0.05) is 12.1 Å². The van der Waals surface area contributed by atoms with E-state index in [-0.39, 0.29) is 41.8 Å². The molecule has 0 unspecified atom stereocenters. The van der Waals surface area contributed by atoms with Crippen molar-refractivity contribution in [3.8, 4) is 17.0 Å². The molecule has 0 radical (unpaired) electrons. The summed E-state index contributed by atoms with van der Waals surface area (Å²) in [6.45, 7) is 1.97. The largest absolute Gasteiger partial charge is 0.467 e. The molecule has 1 atom stereocenters. The fourth-order valence-corrected chi connectivity index (χ4v) is 6.31. The number of hydrogen-bond donors (Lipinski definition) is 0. The third-order valence-corrected chi connectivity index (χ3v) is 7.77. The highest BCUT2D eigenvalue weighted by Crippen LogP contribution is 2.37. The van der Waals surface area contributed by atoms with E-state index in [0.29, 0.717) is 23.2 Å². The fraction of sp³-hybridized carbons (Fsp3) is 0.350. The summed E-state index contributed by atoms with van der Waals surface area (Å²) >= 11 is 1.41. The zero-order chi connectivity index (χ0) is 21.3. The van der Waals surface area contributed by atoms with Crippen LogP contribution in [0.25, 0.3) is 21.3 Å². The highest BCUT2D eigenvalue weighted by atomic mass is 32.2. The maximum absolute atomic E-state index is 13.3. The first-order valence-electron chi connectivity index (χ1n) is 9.49. The summed E-state index contributed by atoms with van der Waals surface area (Å²) < 4.78 is 42.6. The SMILES string of the molecule is CCN(C(=O)COc1ncnc2scc(-c3ccc(F)cc3)c12)[C@@H]1CCS(=O)(=O)C1.